The summed E-state index contributed by atoms with van der Waals surface area (Å²) in [5.41, 5.74) is 3.69. The third-order valence-corrected chi connectivity index (χ3v) is 4.77. The highest BCUT2D eigenvalue weighted by atomic mass is 127. The van der Waals surface area contributed by atoms with Gasteiger partial charge in [-0.15, -0.1) is 0 Å². The van der Waals surface area contributed by atoms with Crippen molar-refractivity contribution in [2.45, 2.75) is 6.04 Å². The van der Waals surface area contributed by atoms with Crippen molar-refractivity contribution in [2.24, 2.45) is 0 Å². The van der Waals surface area contributed by atoms with E-state index >= 15 is 0 Å². The largest absolute Gasteiger partial charge is 0.323 e. The summed E-state index contributed by atoms with van der Waals surface area (Å²) in [5.74, 6) is 0. The van der Waals surface area contributed by atoms with Crippen LogP contribution in [-0.2, 0) is 0 Å². The molecule has 0 aliphatic carbocycles. The van der Waals surface area contributed by atoms with Crippen molar-refractivity contribution in [3.8, 4) is 0 Å². The number of aromatic amines is 2. The zero-order chi connectivity index (χ0) is 15.0. The first-order chi connectivity index (χ1) is 10.1. The number of H-pyrrole nitrogens is 2. The molecule has 1 aromatic heterocycles. The van der Waals surface area contributed by atoms with Gasteiger partial charge in [-0.2, -0.15) is 0 Å². The van der Waals surface area contributed by atoms with Crippen LogP contribution in [0.5, 0.6) is 0 Å². The maximum absolute atomic E-state index is 11.4. The van der Waals surface area contributed by atoms with Gasteiger partial charge in [0.1, 0.15) is 0 Å². The highest BCUT2D eigenvalue weighted by Gasteiger charge is 2.17. The molecular weight excluding hydrogens is 445 g/mol. The lowest BCUT2D eigenvalue weighted by Gasteiger charge is -2.19. The summed E-state index contributed by atoms with van der Waals surface area (Å²) < 4.78 is 2.15. The van der Waals surface area contributed by atoms with Crippen molar-refractivity contribution in [1.29, 1.82) is 0 Å². The molecule has 0 spiro atoms. The second-order valence-corrected chi connectivity index (χ2v) is 6.88. The first-order valence-electron chi connectivity index (χ1n) is 6.42. The van der Waals surface area contributed by atoms with E-state index in [4.69, 9.17) is 0 Å². The summed E-state index contributed by atoms with van der Waals surface area (Å²) in [6, 6.07) is 12.3. The SMILES string of the molecule is CNC(c1cccc(I)c1)c1cc2[nH]c(=O)[nH]c2cc1Br. The molecule has 0 saturated carbocycles. The fraction of sp³-hybridized carbons (Fsp3) is 0.133. The maximum atomic E-state index is 11.4. The molecule has 0 amide bonds. The number of fused-ring (bicyclic) bond motifs is 1. The Morgan fingerprint density at radius 3 is 2.57 bits per heavy atom. The Kier molecular flexibility index (Phi) is 4.19. The summed E-state index contributed by atoms with van der Waals surface area (Å²) in [5, 5.41) is 3.34. The van der Waals surface area contributed by atoms with Crippen LogP contribution in [0.25, 0.3) is 11.0 Å². The van der Waals surface area contributed by atoms with Gasteiger partial charge in [0.05, 0.1) is 17.1 Å². The molecule has 0 aliphatic rings. The predicted octanol–water partition coefficient (Wildman–Crippen LogP) is 3.53. The van der Waals surface area contributed by atoms with Crippen LogP contribution in [0, 0.1) is 3.57 Å². The van der Waals surface area contributed by atoms with Crippen LogP contribution in [0.15, 0.2) is 45.7 Å². The molecule has 21 heavy (non-hydrogen) atoms. The van der Waals surface area contributed by atoms with E-state index in [-0.39, 0.29) is 11.7 Å². The molecule has 108 valence electrons. The first kappa shape index (κ1) is 14.8. The summed E-state index contributed by atoms with van der Waals surface area (Å²) >= 11 is 5.91. The molecule has 6 heteroatoms. The number of hydrogen-bond donors (Lipinski definition) is 3. The smallest absolute Gasteiger partial charge is 0.309 e. The monoisotopic (exact) mass is 457 g/mol. The fourth-order valence-corrected chi connectivity index (χ4v) is 3.62. The third kappa shape index (κ3) is 2.93. The highest BCUT2D eigenvalue weighted by Crippen LogP contribution is 2.31. The van der Waals surface area contributed by atoms with E-state index < -0.39 is 0 Å². The van der Waals surface area contributed by atoms with Crippen molar-refractivity contribution in [1.82, 2.24) is 15.3 Å². The van der Waals surface area contributed by atoms with Crippen molar-refractivity contribution >= 4 is 49.6 Å². The van der Waals surface area contributed by atoms with E-state index in [1.165, 1.54) is 9.13 Å². The molecule has 1 unspecified atom stereocenters. The van der Waals surface area contributed by atoms with Gasteiger partial charge < -0.3 is 15.3 Å². The van der Waals surface area contributed by atoms with Gasteiger partial charge in [0.2, 0.25) is 0 Å². The molecule has 1 heterocycles. The van der Waals surface area contributed by atoms with E-state index in [1.807, 2.05) is 25.2 Å². The average Bonchev–Trinajstić information content (AvgIpc) is 2.79. The molecule has 1 atom stereocenters. The summed E-state index contributed by atoms with van der Waals surface area (Å²) in [7, 11) is 1.93. The van der Waals surface area contributed by atoms with Gasteiger partial charge in [0, 0.05) is 8.04 Å². The molecular formula is C15H13BrIN3O. The van der Waals surface area contributed by atoms with E-state index in [2.05, 4.69) is 72.0 Å². The summed E-state index contributed by atoms with van der Waals surface area (Å²) in [6.45, 7) is 0. The Balaban J connectivity index is 2.16. The molecule has 3 aromatic rings. The maximum Gasteiger partial charge on any atom is 0.323 e. The second-order valence-electron chi connectivity index (χ2n) is 4.78. The Hall–Kier alpha value is -1.12. The Morgan fingerprint density at radius 1 is 1.19 bits per heavy atom. The van der Waals surface area contributed by atoms with E-state index in [0.29, 0.717) is 0 Å². The van der Waals surface area contributed by atoms with E-state index in [9.17, 15) is 4.79 Å². The lowest BCUT2D eigenvalue weighted by Crippen LogP contribution is -2.18. The highest BCUT2D eigenvalue weighted by molar-refractivity contribution is 14.1. The van der Waals surface area contributed by atoms with Crippen LogP contribution in [0.3, 0.4) is 0 Å². The number of aromatic nitrogens is 2. The molecule has 0 radical (unpaired) electrons. The lowest BCUT2D eigenvalue weighted by molar-refractivity contribution is 0.689. The van der Waals surface area contributed by atoms with Gasteiger partial charge in [0.15, 0.2) is 0 Å². The van der Waals surface area contributed by atoms with Gasteiger partial charge in [-0.05, 0) is 65.0 Å². The van der Waals surface area contributed by atoms with Crippen molar-refractivity contribution in [2.75, 3.05) is 7.05 Å². The van der Waals surface area contributed by atoms with Crippen molar-refractivity contribution < 1.29 is 0 Å². The molecule has 3 N–H and O–H groups in total. The topological polar surface area (TPSA) is 60.7 Å². The van der Waals surface area contributed by atoms with Crippen molar-refractivity contribution in [3.05, 3.63) is 66.1 Å². The molecule has 4 nitrogen and oxygen atoms in total. The number of hydrogen-bond acceptors (Lipinski definition) is 2. The predicted molar refractivity (Wildman–Crippen MR) is 96.7 cm³/mol. The average molecular weight is 458 g/mol. The molecule has 0 saturated heterocycles. The van der Waals surface area contributed by atoms with Gasteiger partial charge >= 0.3 is 5.69 Å². The Bertz CT molecular complexity index is 855. The van der Waals surface area contributed by atoms with Crippen LogP contribution >= 0.6 is 38.5 Å². The molecule has 3 rings (SSSR count). The third-order valence-electron chi connectivity index (χ3n) is 3.41. The molecule has 0 bridgehead atoms. The second kappa shape index (κ2) is 5.94. The zero-order valence-electron chi connectivity index (χ0n) is 11.2. The number of benzene rings is 2. The number of rotatable bonds is 3. The van der Waals surface area contributed by atoms with Gasteiger partial charge in [-0.1, -0.05) is 28.1 Å². The number of imidazole rings is 1. The fourth-order valence-electron chi connectivity index (χ4n) is 2.48. The van der Waals surface area contributed by atoms with Crippen LogP contribution in [0.1, 0.15) is 17.2 Å². The number of nitrogens with one attached hydrogen (secondary N) is 3. The molecule has 2 aromatic carbocycles. The van der Waals surface area contributed by atoms with Gasteiger partial charge in [-0.25, -0.2) is 4.79 Å². The minimum Gasteiger partial charge on any atom is -0.309 e. The van der Waals surface area contributed by atoms with Crippen LogP contribution in [0.2, 0.25) is 0 Å². The van der Waals surface area contributed by atoms with Crippen LogP contribution in [0.4, 0.5) is 0 Å². The Morgan fingerprint density at radius 2 is 1.90 bits per heavy atom. The van der Waals surface area contributed by atoms with Crippen molar-refractivity contribution in [3.63, 3.8) is 0 Å². The van der Waals surface area contributed by atoms with Crippen LogP contribution < -0.4 is 11.0 Å². The summed E-state index contributed by atoms with van der Waals surface area (Å²) in [6.07, 6.45) is 0. The molecule has 0 fully saturated rings. The number of halogens is 2. The normalized spacial score (nSPS) is 12.7. The quantitative estimate of drug-likeness (QED) is 0.527. The lowest BCUT2D eigenvalue weighted by atomic mass is 9.98. The van der Waals surface area contributed by atoms with Gasteiger partial charge in [0.25, 0.3) is 0 Å². The first-order valence-corrected chi connectivity index (χ1v) is 8.30. The van der Waals surface area contributed by atoms with E-state index in [1.54, 1.807) is 0 Å². The van der Waals surface area contributed by atoms with E-state index in [0.717, 1.165) is 21.1 Å². The minimum absolute atomic E-state index is 0.0527. The minimum atomic E-state index is -0.190. The van der Waals surface area contributed by atoms with Crippen LogP contribution in [-0.4, -0.2) is 17.0 Å². The summed E-state index contributed by atoms with van der Waals surface area (Å²) in [4.78, 5) is 17.0. The Labute approximate surface area is 143 Å². The van der Waals surface area contributed by atoms with Gasteiger partial charge in [-0.3, -0.25) is 0 Å². The zero-order valence-corrected chi connectivity index (χ0v) is 14.9. The molecule has 0 aliphatic heterocycles. The standard InChI is InChI=1S/C15H13BrIN3O/c1-18-14(8-3-2-4-9(17)5-8)10-6-12-13(7-11(10)16)20-15(21)19-12/h2-7,14,18H,1H3,(H2,19,20,21).